The summed E-state index contributed by atoms with van der Waals surface area (Å²) in [6.07, 6.45) is 0. The largest absolute Gasteiger partial charge is 0.362 e. The summed E-state index contributed by atoms with van der Waals surface area (Å²) in [4.78, 5) is 10.4. The lowest BCUT2D eigenvalue weighted by Crippen LogP contribution is -2.22. The van der Waals surface area contributed by atoms with E-state index < -0.39 is 13.0 Å². The van der Waals surface area contributed by atoms with E-state index in [0.717, 1.165) is 16.9 Å². The van der Waals surface area contributed by atoms with Gasteiger partial charge in [-0.3, -0.25) is 10.1 Å². The molecule has 0 fully saturated rings. The fourth-order valence-electron chi connectivity index (χ4n) is 1.87. The minimum atomic E-state index is -1.10. The van der Waals surface area contributed by atoms with Crippen LogP contribution in [0.25, 0.3) is 10.9 Å². The molecule has 0 bridgehead atoms. The second kappa shape index (κ2) is 6.25. The Labute approximate surface area is 132 Å². The fourth-order valence-corrected chi connectivity index (χ4v) is 3.14. The summed E-state index contributed by atoms with van der Waals surface area (Å²) < 4.78 is 7.98. The molecule has 0 N–H and O–H groups in total. The molecule has 21 heavy (non-hydrogen) atoms. The van der Waals surface area contributed by atoms with Gasteiger partial charge in [-0.15, -0.1) is 14.1 Å². The molecule has 6 nitrogen and oxygen atoms in total. The Bertz CT molecular complexity index is 666. The Hall–Kier alpha value is -1.25. The van der Waals surface area contributed by atoms with Crippen LogP contribution in [0.3, 0.4) is 0 Å². The van der Waals surface area contributed by atoms with Gasteiger partial charge in [0.2, 0.25) is 0 Å². The Kier molecular flexibility index (Phi) is 4.80. The monoisotopic (exact) mass is 371 g/mol. The minimum absolute atomic E-state index is 0.0578. The molecule has 0 spiro atoms. The highest BCUT2D eigenvalue weighted by Gasteiger charge is 2.13. The summed E-state index contributed by atoms with van der Waals surface area (Å²) in [7, 11) is -1.10. The van der Waals surface area contributed by atoms with Crippen LogP contribution in [0.2, 0.25) is 25.7 Å². The molecule has 1 aromatic carbocycles. The zero-order valence-corrected chi connectivity index (χ0v) is 14.9. The lowest BCUT2D eigenvalue weighted by atomic mass is 10.2. The van der Waals surface area contributed by atoms with Crippen LogP contribution in [-0.2, 0) is 11.5 Å². The maximum atomic E-state index is 10.8. The fraction of sp³-hybridized carbons (Fsp3) is 0.462. The molecule has 0 saturated heterocycles. The first-order valence-electron chi connectivity index (χ1n) is 6.66. The molecule has 8 heteroatoms. The highest BCUT2D eigenvalue weighted by molar-refractivity contribution is 9.10. The van der Waals surface area contributed by atoms with E-state index in [9.17, 15) is 10.1 Å². The van der Waals surface area contributed by atoms with Gasteiger partial charge >= 0.3 is 0 Å². The molecule has 0 atom stereocenters. The van der Waals surface area contributed by atoms with Crippen LogP contribution < -0.4 is 0 Å². The smallest absolute Gasteiger partial charge is 0.270 e. The predicted molar refractivity (Wildman–Crippen MR) is 88.2 cm³/mol. The van der Waals surface area contributed by atoms with Crippen molar-refractivity contribution in [2.45, 2.75) is 32.4 Å². The molecule has 1 aromatic heterocycles. The maximum Gasteiger partial charge on any atom is 0.270 e. The lowest BCUT2D eigenvalue weighted by Gasteiger charge is -2.26. The number of rotatable bonds is 6. The third-order valence-electron chi connectivity index (χ3n) is 3.11. The van der Waals surface area contributed by atoms with Gasteiger partial charge in [0.05, 0.1) is 10.4 Å². The molecule has 1 heterocycles. The van der Waals surface area contributed by atoms with E-state index in [2.05, 4.69) is 40.7 Å². The van der Waals surface area contributed by atoms with Gasteiger partial charge in [0.25, 0.3) is 5.69 Å². The van der Waals surface area contributed by atoms with Crippen molar-refractivity contribution < 1.29 is 9.66 Å². The number of fused-ring (bicyclic) bond motifs is 1. The van der Waals surface area contributed by atoms with Gasteiger partial charge in [-0.05, 0) is 22.0 Å². The van der Waals surface area contributed by atoms with Gasteiger partial charge in [-0.25, -0.2) is 4.68 Å². The summed E-state index contributed by atoms with van der Waals surface area (Å²) in [6, 6.07) is 5.80. The van der Waals surface area contributed by atoms with Gasteiger partial charge in [0.1, 0.15) is 11.3 Å². The zero-order valence-electron chi connectivity index (χ0n) is 12.3. The molecular formula is C13H18BrN3O3Si-. The molecule has 0 radical (unpaired) electrons. The van der Waals surface area contributed by atoms with Crippen molar-refractivity contribution in [3.8, 4) is 0 Å². The number of nitrogens with zero attached hydrogens (tertiary/aromatic N) is 3. The quantitative estimate of drug-likeness (QED) is 0.332. The number of benzene rings is 1. The van der Waals surface area contributed by atoms with Crippen LogP contribution in [0.5, 0.6) is 0 Å². The first kappa shape index (κ1) is 16.1. The van der Waals surface area contributed by atoms with Crippen molar-refractivity contribution >= 4 is 40.6 Å². The normalized spacial score (nSPS) is 12.0. The Morgan fingerprint density at radius 1 is 1.43 bits per heavy atom. The summed E-state index contributed by atoms with van der Waals surface area (Å²) in [6.45, 7) is 7.96. The van der Waals surface area contributed by atoms with Gasteiger partial charge in [-0.2, -0.15) is 24.7 Å². The second-order valence-electron chi connectivity index (χ2n) is 6.10. The van der Waals surface area contributed by atoms with Gasteiger partial charge in [0, 0.05) is 24.1 Å². The number of hydrogen-bond donors (Lipinski definition) is 0. The molecule has 0 aliphatic heterocycles. The van der Waals surface area contributed by atoms with Crippen LogP contribution in [-0.4, -0.2) is 29.4 Å². The first-order valence-corrected chi connectivity index (χ1v) is 11.2. The van der Waals surface area contributed by atoms with Crippen molar-refractivity contribution in [3.63, 3.8) is 0 Å². The number of non-ortho nitro benzene ring substituents is 1. The molecule has 0 amide bonds. The summed E-state index contributed by atoms with van der Waals surface area (Å²) >= 11 is 3.34. The predicted octanol–water partition coefficient (Wildman–Crippen LogP) is 4.02. The van der Waals surface area contributed by atoms with E-state index in [-0.39, 0.29) is 5.69 Å². The Balaban J connectivity index is 2.12. The third kappa shape index (κ3) is 4.11. The molecule has 0 saturated carbocycles. The Morgan fingerprint density at radius 3 is 2.76 bits per heavy atom. The molecular weight excluding hydrogens is 354 g/mol. The summed E-state index contributed by atoms with van der Waals surface area (Å²) in [5, 5.41) is 15.9. The highest BCUT2D eigenvalue weighted by Crippen LogP contribution is 2.27. The number of nitro groups is 1. The van der Waals surface area contributed by atoms with E-state index in [1.165, 1.54) is 12.1 Å². The Morgan fingerprint density at radius 2 is 2.14 bits per heavy atom. The van der Waals surface area contributed by atoms with Crippen molar-refractivity contribution in [3.05, 3.63) is 32.9 Å². The second-order valence-corrected chi connectivity index (χ2v) is 12.5. The highest BCUT2D eigenvalue weighted by atomic mass is 79.9. The molecule has 0 aliphatic carbocycles. The SMILES string of the molecule is C[Si-](C)(C)CCOCn1nc(Br)c2cc([N+](=O)[O-])ccc21. The van der Waals surface area contributed by atoms with Crippen molar-refractivity contribution in [2.24, 2.45) is 0 Å². The van der Waals surface area contributed by atoms with E-state index in [1.807, 2.05) is 0 Å². The lowest BCUT2D eigenvalue weighted by molar-refractivity contribution is -0.384. The topological polar surface area (TPSA) is 70.2 Å². The average Bonchev–Trinajstić information content (AvgIpc) is 2.70. The van der Waals surface area contributed by atoms with E-state index in [4.69, 9.17) is 4.74 Å². The average molecular weight is 372 g/mol. The molecule has 2 aromatic rings. The summed E-state index contributed by atoms with van der Waals surface area (Å²) in [5.74, 6) is 0. The number of ether oxygens (including phenoxy) is 1. The van der Waals surface area contributed by atoms with Crippen LogP contribution in [0.1, 0.15) is 0 Å². The van der Waals surface area contributed by atoms with Crippen molar-refractivity contribution in [2.75, 3.05) is 6.61 Å². The number of hydrogen-bond acceptors (Lipinski definition) is 4. The van der Waals surface area contributed by atoms with Crippen LogP contribution in [0, 0.1) is 10.1 Å². The minimum Gasteiger partial charge on any atom is -0.362 e. The van der Waals surface area contributed by atoms with Gasteiger partial charge < -0.3 is 4.74 Å². The van der Waals surface area contributed by atoms with Crippen LogP contribution >= 0.6 is 15.9 Å². The zero-order chi connectivity index (χ0) is 15.6. The van der Waals surface area contributed by atoms with Gasteiger partial charge in [-0.1, -0.05) is 0 Å². The van der Waals surface area contributed by atoms with E-state index in [0.29, 0.717) is 17.9 Å². The maximum absolute atomic E-state index is 10.8. The molecule has 2 rings (SSSR count). The molecule has 115 valence electrons. The number of halogens is 1. The van der Waals surface area contributed by atoms with Crippen LogP contribution in [0.15, 0.2) is 22.8 Å². The molecule has 0 unspecified atom stereocenters. The molecule has 0 aliphatic rings. The number of aromatic nitrogens is 2. The van der Waals surface area contributed by atoms with Crippen LogP contribution in [0.4, 0.5) is 5.69 Å². The van der Waals surface area contributed by atoms with Gasteiger partial charge in [0.15, 0.2) is 0 Å². The first-order chi connectivity index (χ1) is 9.78. The standard InChI is InChI=1S/C13H18BrN3O3Si/c1-21(2,3)7-6-20-9-16-12-5-4-10(17(18)19)8-11(12)13(14)15-16/h4-5,8H,6-7,9H2,1-3H3/q-1. The van der Waals surface area contributed by atoms with E-state index in [1.54, 1.807) is 10.7 Å². The van der Waals surface area contributed by atoms with Crippen molar-refractivity contribution in [1.29, 1.82) is 0 Å². The third-order valence-corrected chi connectivity index (χ3v) is 5.40. The van der Waals surface area contributed by atoms with E-state index >= 15 is 0 Å². The summed E-state index contributed by atoms with van der Waals surface area (Å²) in [5.41, 5.74) is 0.878. The number of nitro benzene ring substituents is 1. The van der Waals surface area contributed by atoms with Crippen molar-refractivity contribution in [1.82, 2.24) is 9.78 Å².